The van der Waals surface area contributed by atoms with Crippen molar-refractivity contribution in [1.29, 1.82) is 0 Å². The lowest BCUT2D eigenvalue weighted by Gasteiger charge is -2.18. The van der Waals surface area contributed by atoms with Gasteiger partial charge in [0.1, 0.15) is 0 Å². The quantitative estimate of drug-likeness (QED) is 0.275. The van der Waals surface area contributed by atoms with E-state index in [1.54, 1.807) is 14.2 Å². The van der Waals surface area contributed by atoms with Gasteiger partial charge in [0.25, 0.3) is 0 Å². The lowest BCUT2D eigenvalue weighted by atomic mass is 10.6. The zero-order valence-corrected chi connectivity index (χ0v) is 11.2. The number of hydrogen-bond donors (Lipinski definition) is 0. The highest BCUT2D eigenvalue weighted by atomic mass is 27.1. The average Bonchev–Trinajstić information content (AvgIpc) is 2.18. The van der Waals surface area contributed by atoms with Gasteiger partial charge >= 0.3 is 16.6 Å². The van der Waals surface area contributed by atoms with Gasteiger partial charge in [0.2, 0.25) is 0 Å². The summed E-state index contributed by atoms with van der Waals surface area (Å²) in [6.45, 7) is 2.62. The number of methoxy groups -OCH3 is 2. The summed E-state index contributed by atoms with van der Waals surface area (Å²) in [6, 6.07) is 0. The van der Waals surface area contributed by atoms with Crippen LogP contribution < -0.4 is 0 Å². The molecule has 0 aromatic carbocycles. The zero-order chi connectivity index (χ0) is 10.6. The Kier molecular flexibility index (Phi) is 11.7. The fraction of sp³-hybridized carbons (Fsp3) is 1.00. The van der Waals surface area contributed by atoms with Crippen LogP contribution in [0.3, 0.4) is 0 Å². The second-order valence-electron chi connectivity index (χ2n) is 2.61. The highest BCUT2D eigenvalue weighted by Gasteiger charge is 2.07. The average molecular weight is 222 g/mol. The molecule has 84 valence electrons. The van der Waals surface area contributed by atoms with Crippen LogP contribution >= 0.6 is 0 Å². The molecule has 6 heteroatoms. The van der Waals surface area contributed by atoms with Crippen molar-refractivity contribution >= 4 is 16.6 Å². The number of rotatable bonds is 10. The van der Waals surface area contributed by atoms with E-state index >= 15 is 0 Å². The van der Waals surface area contributed by atoms with Gasteiger partial charge in [-0.2, -0.15) is 0 Å². The summed E-state index contributed by atoms with van der Waals surface area (Å²) < 4.78 is 25.5. The van der Waals surface area contributed by atoms with Crippen molar-refractivity contribution in [2.75, 3.05) is 47.3 Å². The predicted octanol–water partition coefficient (Wildman–Crippen LogP) is -0.797. The molecule has 0 saturated heterocycles. The van der Waals surface area contributed by atoms with Crippen LogP contribution in [0.4, 0.5) is 0 Å². The maximum absolute atomic E-state index is 5.36. The zero-order valence-electron chi connectivity index (χ0n) is 9.15. The lowest BCUT2D eigenvalue weighted by Crippen LogP contribution is -2.26. The third-order valence-corrected chi connectivity index (χ3v) is 1.82. The second-order valence-corrected chi connectivity index (χ2v) is 3.19. The molecule has 0 saturated carbocycles. The third-order valence-electron chi connectivity index (χ3n) is 1.49. The Morgan fingerprint density at radius 1 is 0.929 bits per heavy atom. The Bertz CT molecular complexity index is 104. The lowest BCUT2D eigenvalue weighted by molar-refractivity contribution is -0.168. The van der Waals surface area contributed by atoms with Crippen LogP contribution in [0.2, 0.25) is 0 Å². The van der Waals surface area contributed by atoms with Crippen LogP contribution in [0.5, 0.6) is 0 Å². The molecular weight excluding hydrogens is 203 g/mol. The van der Waals surface area contributed by atoms with Crippen LogP contribution in [-0.4, -0.2) is 70.2 Å². The molecule has 0 unspecified atom stereocenters. The Labute approximate surface area is 93.4 Å². The van der Waals surface area contributed by atoms with Crippen molar-refractivity contribution in [3.63, 3.8) is 0 Å². The standard InChI is InChI=1S/C8H17O5.Al.2H/c1-10-3-5-12-8(7-9)13-6-4-11-2;;;/h8H,3-7H2,1-2H3;;;/q-1;+1;;. The van der Waals surface area contributed by atoms with Gasteiger partial charge in [0.15, 0.2) is 6.29 Å². The number of ether oxygens (including phenoxy) is 4. The number of hydrogen-bond acceptors (Lipinski definition) is 5. The summed E-state index contributed by atoms with van der Waals surface area (Å²) in [6.07, 6.45) is -0.308. The van der Waals surface area contributed by atoms with E-state index in [1.165, 1.54) is 0 Å². The molecule has 0 bridgehead atoms. The first kappa shape index (κ1) is 14.3. The van der Waals surface area contributed by atoms with Gasteiger partial charge in [-0.1, -0.05) is 0 Å². The molecule has 0 heterocycles. The Hall–Kier alpha value is 0.332. The molecule has 0 radical (unpaired) electrons. The molecule has 14 heavy (non-hydrogen) atoms. The molecule has 0 amide bonds. The van der Waals surface area contributed by atoms with E-state index in [0.717, 1.165) is 0 Å². The molecule has 0 aromatic rings. The van der Waals surface area contributed by atoms with E-state index in [0.29, 0.717) is 49.7 Å². The minimum Gasteiger partial charge on any atom is -0.502 e. The van der Waals surface area contributed by atoms with Crippen molar-refractivity contribution < 1.29 is 22.7 Å². The van der Waals surface area contributed by atoms with Crippen LogP contribution in [0.15, 0.2) is 0 Å². The van der Waals surface area contributed by atoms with Crippen molar-refractivity contribution in [2.45, 2.75) is 6.29 Å². The van der Waals surface area contributed by atoms with Gasteiger partial charge in [-0.25, -0.2) is 0 Å². The Morgan fingerprint density at radius 2 is 1.43 bits per heavy atom. The van der Waals surface area contributed by atoms with Crippen LogP contribution in [0.25, 0.3) is 0 Å². The van der Waals surface area contributed by atoms with Crippen molar-refractivity contribution in [3.05, 3.63) is 0 Å². The van der Waals surface area contributed by atoms with Gasteiger partial charge in [-0.3, -0.25) is 0 Å². The van der Waals surface area contributed by atoms with E-state index in [4.69, 9.17) is 22.7 Å². The molecule has 5 nitrogen and oxygen atoms in total. The molecular formula is C8H19AlO5. The predicted molar refractivity (Wildman–Crippen MR) is 53.9 cm³/mol. The highest BCUT2D eigenvalue weighted by molar-refractivity contribution is 5.97. The first-order valence-corrected chi connectivity index (χ1v) is 5.36. The molecule has 0 fully saturated rings. The Balaban J connectivity index is 3.44. The molecule has 0 N–H and O–H groups in total. The maximum atomic E-state index is 5.36. The van der Waals surface area contributed by atoms with Crippen molar-refractivity contribution in [1.82, 2.24) is 0 Å². The highest BCUT2D eigenvalue weighted by Crippen LogP contribution is 1.95. The Morgan fingerprint density at radius 3 is 1.79 bits per heavy atom. The fourth-order valence-electron chi connectivity index (χ4n) is 0.806. The summed E-state index contributed by atoms with van der Waals surface area (Å²) in [7, 11) is 3.26. The summed E-state index contributed by atoms with van der Waals surface area (Å²) in [5.74, 6) is 0. The van der Waals surface area contributed by atoms with Crippen LogP contribution in [-0.2, 0) is 22.7 Å². The molecule has 0 aliphatic heterocycles. The van der Waals surface area contributed by atoms with E-state index in [9.17, 15) is 0 Å². The first-order valence-electron chi connectivity index (χ1n) is 4.55. The minimum atomic E-state index is -0.308. The summed E-state index contributed by atoms with van der Waals surface area (Å²) >= 11 is 0.684. The SMILES string of the molecule is COCCOC(C[O][AlH2])OCCOC. The minimum absolute atomic E-state index is 0.308. The van der Waals surface area contributed by atoms with Gasteiger partial charge < -0.3 is 22.7 Å². The third kappa shape index (κ3) is 8.91. The van der Waals surface area contributed by atoms with E-state index in [2.05, 4.69) is 0 Å². The molecule has 0 rings (SSSR count). The van der Waals surface area contributed by atoms with Gasteiger partial charge in [0.05, 0.1) is 33.0 Å². The van der Waals surface area contributed by atoms with E-state index in [1.807, 2.05) is 0 Å². The molecule has 0 atom stereocenters. The normalized spacial score (nSPS) is 11.1. The first-order chi connectivity index (χ1) is 6.85. The van der Waals surface area contributed by atoms with E-state index < -0.39 is 0 Å². The molecule has 0 aromatic heterocycles. The molecule has 0 aliphatic carbocycles. The van der Waals surface area contributed by atoms with Crippen LogP contribution in [0.1, 0.15) is 0 Å². The van der Waals surface area contributed by atoms with Crippen LogP contribution in [0, 0.1) is 0 Å². The fourth-order valence-corrected chi connectivity index (χ4v) is 1.08. The topological polar surface area (TPSA) is 46.2 Å². The maximum Gasteiger partial charge on any atom is 0.410 e. The smallest absolute Gasteiger partial charge is 0.410 e. The molecule has 0 spiro atoms. The van der Waals surface area contributed by atoms with E-state index in [-0.39, 0.29) is 6.29 Å². The largest absolute Gasteiger partial charge is 0.502 e. The monoisotopic (exact) mass is 222 g/mol. The van der Waals surface area contributed by atoms with Gasteiger partial charge in [-0.15, -0.1) is 0 Å². The van der Waals surface area contributed by atoms with Gasteiger partial charge in [-0.05, 0) is 0 Å². The summed E-state index contributed by atoms with van der Waals surface area (Å²) in [5, 5.41) is 0. The summed E-state index contributed by atoms with van der Waals surface area (Å²) in [4.78, 5) is 0. The van der Waals surface area contributed by atoms with Crippen molar-refractivity contribution in [3.8, 4) is 0 Å². The van der Waals surface area contributed by atoms with Crippen molar-refractivity contribution in [2.24, 2.45) is 0 Å². The molecule has 0 aliphatic rings. The summed E-state index contributed by atoms with van der Waals surface area (Å²) in [5.41, 5.74) is 0. The second kappa shape index (κ2) is 11.4. The van der Waals surface area contributed by atoms with Gasteiger partial charge in [0, 0.05) is 14.2 Å².